The molecule has 1 aliphatic carbocycles. The Labute approximate surface area is 162 Å². The van der Waals surface area contributed by atoms with Crippen LogP contribution in [0.3, 0.4) is 0 Å². The minimum atomic E-state index is -1.16. The van der Waals surface area contributed by atoms with Gasteiger partial charge in [-0.05, 0) is 48.5 Å². The molecule has 0 fully saturated rings. The van der Waals surface area contributed by atoms with Crippen LogP contribution in [0.5, 0.6) is 11.5 Å². The first kappa shape index (κ1) is 19.5. The lowest BCUT2D eigenvalue weighted by Crippen LogP contribution is -2.18. The van der Waals surface area contributed by atoms with Gasteiger partial charge in [0.05, 0.1) is 5.69 Å². The monoisotopic (exact) mass is 377 g/mol. The van der Waals surface area contributed by atoms with Gasteiger partial charge in [0, 0.05) is 16.7 Å². The van der Waals surface area contributed by atoms with Crippen LogP contribution in [0.25, 0.3) is 11.1 Å². The second-order valence-electron chi connectivity index (χ2n) is 6.39. The van der Waals surface area contributed by atoms with Gasteiger partial charge in [-0.3, -0.25) is 4.79 Å². The van der Waals surface area contributed by atoms with Crippen LogP contribution >= 0.6 is 0 Å². The Morgan fingerprint density at radius 1 is 1.07 bits per heavy atom. The summed E-state index contributed by atoms with van der Waals surface area (Å²) in [7, 11) is 11.3. The average Bonchev–Trinajstić information content (AvgIpc) is 3.12. The fourth-order valence-corrected chi connectivity index (χ4v) is 3.20. The van der Waals surface area contributed by atoms with Crippen molar-refractivity contribution in [1.29, 1.82) is 0 Å². The van der Waals surface area contributed by atoms with Crippen molar-refractivity contribution < 1.29 is 29.3 Å². The second-order valence-corrected chi connectivity index (χ2v) is 6.39. The number of phenols is 2. The molecule has 0 aliphatic heterocycles. The van der Waals surface area contributed by atoms with E-state index in [0.29, 0.717) is 19.3 Å². The SMILES string of the molecule is [B]c1cc(O)c(-c2ccc(NC(=O)C3=C(C(=O)O)CCC3)c(F)c2)c([B])c1O. The minimum absolute atomic E-state index is 0.00450. The Kier molecular flexibility index (Phi) is 5.18. The Morgan fingerprint density at radius 2 is 1.75 bits per heavy atom. The zero-order valence-corrected chi connectivity index (χ0v) is 14.6. The van der Waals surface area contributed by atoms with Gasteiger partial charge in [0.15, 0.2) is 0 Å². The Bertz CT molecular complexity index is 1040. The normalized spacial score (nSPS) is 13.6. The highest BCUT2D eigenvalue weighted by atomic mass is 19.1. The molecule has 4 N–H and O–H groups in total. The first-order valence-corrected chi connectivity index (χ1v) is 8.37. The number of halogens is 1. The number of amides is 1. The molecule has 138 valence electrons. The Morgan fingerprint density at radius 3 is 2.39 bits per heavy atom. The molecule has 2 aromatic rings. The molecule has 2 aromatic carbocycles. The topological polar surface area (TPSA) is 107 Å². The van der Waals surface area contributed by atoms with E-state index in [1.807, 2.05) is 0 Å². The van der Waals surface area contributed by atoms with E-state index in [4.69, 9.17) is 20.8 Å². The van der Waals surface area contributed by atoms with E-state index in [1.165, 1.54) is 12.1 Å². The molecular weight excluding hydrogens is 363 g/mol. The number of carbonyl (C=O) groups excluding carboxylic acids is 1. The predicted octanol–water partition coefficient (Wildman–Crippen LogP) is 0.995. The Hall–Kier alpha value is -3.22. The number of nitrogens with one attached hydrogen (secondary N) is 1. The van der Waals surface area contributed by atoms with Crippen molar-refractivity contribution in [2.75, 3.05) is 5.32 Å². The number of benzene rings is 2. The van der Waals surface area contributed by atoms with E-state index >= 15 is 0 Å². The fourth-order valence-electron chi connectivity index (χ4n) is 3.20. The molecule has 0 heterocycles. The van der Waals surface area contributed by atoms with Crippen molar-refractivity contribution in [3.05, 3.63) is 41.2 Å². The molecule has 4 radical (unpaired) electrons. The number of anilines is 1. The number of aliphatic carboxylic acids is 1. The summed E-state index contributed by atoms with van der Waals surface area (Å²) in [6, 6.07) is 4.76. The van der Waals surface area contributed by atoms with E-state index in [2.05, 4.69) is 5.32 Å². The third kappa shape index (κ3) is 3.47. The van der Waals surface area contributed by atoms with Crippen molar-refractivity contribution >= 4 is 44.2 Å². The van der Waals surface area contributed by atoms with Crippen LogP contribution in [0.4, 0.5) is 10.1 Å². The van der Waals surface area contributed by atoms with Crippen LogP contribution in [0.2, 0.25) is 0 Å². The van der Waals surface area contributed by atoms with Crippen LogP contribution in [-0.4, -0.2) is 42.9 Å². The smallest absolute Gasteiger partial charge is 0.332 e. The number of rotatable bonds is 4. The first-order valence-electron chi connectivity index (χ1n) is 8.37. The minimum Gasteiger partial charge on any atom is -0.509 e. The van der Waals surface area contributed by atoms with Crippen molar-refractivity contribution in [3.63, 3.8) is 0 Å². The number of carboxylic acids is 1. The van der Waals surface area contributed by atoms with E-state index in [1.54, 1.807) is 0 Å². The van der Waals surface area contributed by atoms with E-state index < -0.39 is 23.4 Å². The molecule has 0 unspecified atom stereocenters. The van der Waals surface area contributed by atoms with Crippen LogP contribution in [0, 0.1) is 5.82 Å². The first-order chi connectivity index (χ1) is 13.2. The maximum atomic E-state index is 14.5. The second kappa shape index (κ2) is 7.42. The van der Waals surface area contributed by atoms with Crippen LogP contribution in [0.1, 0.15) is 19.3 Å². The number of phenolic OH excluding ortho intramolecular Hbond substituents is 2. The van der Waals surface area contributed by atoms with Crippen molar-refractivity contribution in [2.24, 2.45) is 0 Å². The molecule has 0 spiro atoms. The van der Waals surface area contributed by atoms with Gasteiger partial charge in [0.25, 0.3) is 5.91 Å². The number of hydrogen-bond donors (Lipinski definition) is 4. The van der Waals surface area contributed by atoms with E-state index in [0.717, 1.165) is 12.1 Å². The maximum absolute atomic E-state index is 14.5. The molecule has 0 aromatic heterocycles. The standard InChI is InChI=1S/C19H14B2FNO5/c20-11-7-14(24)15(16(21)17(11)25)8-4-5-13(12(22)6-8)23-18(26)9-2-1-3-10(9)19(27)28/h4-7,24-25H,1-3H2,(H,23,26)(H,27,28). The van der Waals surface area contributed by atoms with Crippen LogP contribution in [-0.2, 0) is 9.59 Å². The highest BCUT2D eigenvalue weighted by molar-refractivity contribution is 6.44. The van der Waals surface area contributed by atoms with Gasteiger partial charge in [0.1, 0.15) is 33.0 Å². The molecule has 0 bridgehead atoms. The van der Waals surface area contributed by atoms with Gasteiger partial charge in [-0.25, -0.2) is 9.18 Å². The average molecular weight is 377 g/mol. The summed E-state index contributed by atoms with van der Waals surface area (Å²) in [6.45, 7) is 0. The molecule has 1 amide bonds. The zero-order valence-electron chi connectivity index (χ0n) is 14.6. The van der Waals surface area contributed by atoms with Crippen LogP contribution in [0.15, 0.2) is 35.4 Å². The molecule has 0 saturated carbocycles. The zero-order chi connectivity index (χ0) is 20.6. The molecular formula is C19H14B2FNO5. The molecule has 6 nitrogen and oxygen atoms in total. The van der Waals surface area contributed by atoms with Gasteiger partial charge in [-0.2, -0.15) is 0 Å². The number of aromatic hydroxyl groups is 2. The van der Waals surface area contributed by atoms with Crippen molar-refractivity contribution in [2.45, 2.75) is 19.3 Å². The number of carboxylic acid groups (broad SMARTS) is 1. The van der Waals surface area contributed by atoms with Gasteiger partial charge in [0.2, 0.25) is 0 Å². The fraction of sp³-hybridized carbons (Fsp3) is 0.158. The molecule has 0 saturated heterocycles. The number of hydrogen-bond acceptors (Lipinski definition) is 4. The third-order valence-electron chi connectivity index (χ3n) is 4.60. The summed E-state index contributed by atoms with van der Waals surface area (Å²) >= 11 is 0. The van der Waals surface area contributed by atoms with Gasteiger partial charge in [-0.1, -0.05) is 11.5 Å². The lowest BCUT2D eigenvalue weighted by Gasteiger charge is -2.15. The van der Waals surface area contributed by atoms with E-state index in [9.17, 15) is 24.2 Å². The molecule has 0 atom stereocenters. The third-order valence-corrected chi connectivity index (χ3v) is 4.60. The Balaban J connectivity index is 1.92. The van der Waals surface area contributed by atoms with Gasteiger partial charge in [-0.15, -0.1) is 0 Å². The lowest BCUT2D eigenvalue weighted by molar-refractivity contribution is -0.133. The predicted molar refractivity (Wildman–Crippen MR) is 103 cm³/mol. The largest absolute Gasteiger partial charge is 0.509 e. The molecule has 9 heteroatoms. The quantitative estimate of drug-likeness (QED) is 0.470. The summed E-state index contributed by atoms with van der Waals surface area (Å²) in [4.78, 5) is 23.5. The summed E-state index contributed by atoms with van der Waals surface area (Å²) in [6.07, 6.45) is 1.14. The van der Waals surface area contributed by atoms with Gasteiger partial charge < -0.3 is 20.6 Å². The highest BCUT2D eigenvalue weighted by Gasteiger charge is 2.26. The van der Waals surface area contributed by atoms with Crippen molar-refractivity contribution in [1.82, 2.24) is 0 Å². The molecule has 3 rings (SSSR count). The summed E-state index contributed by atoms with van der Waals surface area (Å²) in [5.41, 5.74) is -0.179. The summed E-state index contributed by atoms with van der Waals surface area (Å²) < 4.78 is 14.5. The summed E-state index contributed by atoms with van der Waals surface area (Å²) in [5.74, 6) is -3.43. The van der Waals surface area contributed by atoms with Crippen LogP contribution < -0.4 is 16.2 Å². The molecule has 1 aliphatic rings. The van der Waals surface area contributed by atoms with Gasteiger partial charge >= 0.3 is 5.97 Å². The summed E-state index contributed by atoms with van der Waals surface area (Å²) in [5, 5.41) is 31.4. The van der Waals surface area contributed by atoms with Crippen molar-refractivity contribution in [3.8, 4) is 22.6 Å². The van der Waals surface area contributed by atoms with E-state index in [-0.39, 0.29) is 44.6 Å². The lowest BCUT2D eigenvalue weighted by atomic mass is 9.80. The maximum Gasteiger partial charge on any atom is 0.332 e. The molecule has 28 heavy (non-hydrogen) atoms. The highest BCUT2D eigenvalue weighted by Crippen LogP contribution is 2.32. The number of carbonyl (C=O) groups is 2.